The highest BCUT2D eigenvalue weighted by Gasteiger charge is 2.07. The van der Waals surface area contributed by atoms with Gasteiger partial charge in [-0.1, -0.05) is 52.3 Å². The van der Waals surface area contributed by atoms with E-state index in [4.69, 9.17) is 0 Å². The highest BCUT2D eigenvalue weighted by Crippen LogP contribution is 2.19. The molecule has 1 rings (SSSR count). The summed E-state index contributed by atoms with van der Waals surface area (Å²) in [5, 5.41) is 3.21. The van der Waals surface area contributed by atoms with Crippen LogP contribution in [0.1, 0.15) is 67.4 Å². The van der Waals surface area contributed by atoms with E-state index in [-0.39, 0.29) is 17.6 Å². The Morgan fingerprint density at radius 1 is 1.08 bits per heavy atom. The Bertz CT molecular complexity index is 429. The molecule has 0 aliphatic heterocycles. The number of carbonyl (C=O) groups is 2. The Morgan fingerprint density at radius 2 is 1.50 bits per heavy atom. The average Bonchev–Trinajstić information content (AvgIpc) is 2.54. The zero-order valence-corrected chi connectivity index (χ0v) is 17.8. The lowest BCUT2D eigenvalue weighted by Crippen LogP contribution is -2.31. The predicted octanol–water partition coefficient (Wildman–Crippen LogP) is 5.51. The Hall–Kier alpha value is -1.13. The molecule has 0 radical (unpaired) electrons. The molecule has 3 nitrogen and oxygen atoms in total. The van der Waals surface area contributed by atoms with Gasteiger partial charge in [-0.15, -0.1) is 11.8 Å². The van der Waals surface area contributed by atoms with Gasteiger partial charge in [0.05, 0.1) is 6.04 Å². The van der Waals surface area contributed by atoms with Gasteiger partial charge in [0, 0.05) is 11.4 Å². The van der Waals surface area contributed by atoms with E-state index in [1.165, 1.54) is 30.7 Å². The smallest absolute Gasteiger partial charge is 0.146 e. The highest BCUT2D eigenvalue weighted by atomic mass is 32.2. The van der Waals surface area contributed by atoms with Crippen molar-refractivity contribution in [3.05, 3.63) is 29.8 Å². The standard InChI is InChI=1S/C12H17NOS.C3H6O.C3H8.C2H6/c1-9(10(2)14)13-8-11-6-4-5-7-12(11)15-3;1-3(2)4;1-3-2;1-2/h4-7,9,13H,8H2,1-3H3;1-2H3;3H2,1-2H3;1-2H3. The van der Waals surface area contributed by atoms with Crippen LogP contribution in [0.4, 0.5) is 0 Å². The third kappa shape index (κ3) is 18.9. The number of hydrogen-bond acceptors (Lipinski definition) is 4. The second-order valence-electron chi connectivity index (χ2n) is 5.14. The fourth-order valence-electron chi connectivity index (χ4n) is 1.26. The maximum absolute atomic E-state index is 11.1. The second-order valence-corrected chi connectivity index (χ2v) is 5.99. The summed E-state index contributed by atoms with van der Waals surface area (Å²) in [5.41, 5.74) is 1.25. The van der Waals surface area contributed by atoms with E-state index in [1.807, 2.05) is 32.9 Å². The first kappa shape index (κ1) is 27.7. The zero-order valence-electron chi connectivity index (χ0n) is 17.0. The summed E-state index contributed by atoms with van der Waals surface area (Å²) in [4.78, 5) is 21.8. The van der Waals surface area contributed by atoms with E-state index in [2.05, 4.69) is 37.6 Å². The Labute approximate surface area is 154 Å². The predicted molar refractivity (Wildman–Crippen MR) is 109 cm³/mol. The van der Waals surface area contributed by atoms with Gasteiger partial charge in [0.25, 0.3) is 0 Å². The van der Waals surface area contributed by atoms with Gasteiger partial charge >= 0.3 is 0 Å². The van der Waals surface area contributed by atoms with Gasteiger partial charge in [0.1, 0.15) is 11.6 Å². The maximum Gasteiger partial charge on any atom is 0.146 e. The van der Waals surface area contributed by atoms with Crippen molar-refractivity contribution >= 4 is 23.3 Å². The molecule has 1 aromatic rings. The first-order valence-corrected chi connectivity index (χ1v) is 9.85. The molecule has 0 bridgehead atoms. The number of Topliss-reactive ketones (excluding diaryl/α,β-unsaturated/α-hetero) is 2. The molecule has 0 aliphatic rings. The summed E-state index contributed by atoms with van der Waals surface area (Å²) in [6, 6.07) is 8.17. The van der Waals surface area contributed by atoms with Crippen molar-refractivity contribution in [3.8, 4) is 0 Å². The lowest BCUT2D eigenvalue weighted by molar-refractivity contribution is -0.118. The van der Waals surface area contributed by atoms with E-state index in [0.717, 1.165) is 6.54 Å². The molecular formula is C20H37NO2S. The minimum atomic E-state index is -0.0695. The number of rotatable bonds is 5. The van der Waals surface area contributed by atoms with Gasteiger partial charge in [0.15, 0.2) is 0 Å². The molecule has 0 heterocycles. The fraction of sp³-hybridized carbons (Fsp3) is 0.600. The second kappa shape index (κ2) is 19.9. The third-order valence-electron chi connectivity index (χ3n) is 2.40. The van der Waals surface area contributed by atoms with Gasteiger partial charge in [-0.05, 0) is 45.6 Å². The SMILES string of the molecule is CC.CC(C)=O.CCC.CSc1ccccc1CNC(C)C(C)=O. The van der Waals surface area contributed by atoms with Crippen molar-refractivity contribution in [1.29, 1.82) is 0 Å². The zero-order chi connectivity index (χ0) is 19.5. The summed E-state index contributed by atoms with van der Waals surface area (Å²) in [6.45, 7) is 15.6. The maximum atomic E-state index is 11.1. The minimum absolute atomic E-state index is 0.0695. The fourth-order valence-corrected chi connectivity index (χ4v) is 1.87. The number of hydrogen-bond donors (Lipinski definition) is 1. The third-order valence-corrected chi connectivity index (χ3v) is 3.24. The molecule has 0 aromatic heterocycles. The average molecular weight is 356 g/mol. The molecule has 0 saturated heterocycles. The van der Waals surface area contributed by atoms with Gasteiger partial charge < -0.3 is 10.1 Å². The van der Waals surface area contributed by atoms with E-state index in [9.17, 15) is 9.59 Å². The summed E-state index contributed by atoms with van der Waals surface area (Å²) in [6.07, 6.45) is 3.31. The first-order valence-electron chi connectivity index (χ1n) is 8.62. The van der Waals surface area contributed by atoms with Gasteiger partial charge in [-0.2, -0.15) is 0 Å². The van der Waals surface area contributed by atoms with Crippen molar-refractivity contribution < 1.29 is 9.59 Å². The molecule has 1 atom stereocenters. The molecule has 1 aromatic carbocycles. The molecule has 1 unspecified atom stereocenters. The van der Waals surface area contributed by atoms with E-state index >= 15 is 0 Å². The van der Waals surface area contributed by atoms with Crippen LogP contribution in [0, 0.1) is 0 Å². The summed E-state index contributed by atoms with van der Waals surface area (Å²) < 4.78 is 0. The number of ketones is 2. The molecule has 0 amide bonds. The van der Waals surface area contributed by atoms with Crippen LogP contribution in [0.5, 0.6) is 0 Å². The van der Waals surface area contributed by atoms with Crippen LogP contribution in [0.15, 0.2) is 29.2 Å². The quantitative estimate of drug-likeness (QED) is 0.707. The molecule has 140 valence electrons. The van der Waals surface area contributed by atoms with Crippen LogP contribution in [0.25, 0.3) is 0 Å². The molecule has 24 heavy (non-hydrogen) atoms. The van der Waals surface area contributed by atoms with Crippen LogP contribution in [-0.2, 0) is 16.1 Å². The van der Waals surface area contributed by atoms with Crippen molar-refractivity contribution in [2.45, 2.75) is 79.3 Å². The molecule has 4 heteroatoms. The summed E-state index contributed by atoms with van der Waals surface area (Å²) in [5.74, 6) is 0.344. The number of carbonyl (C=O) groups excluding carboxylic acids is 2. The Balaban J connectivity index is -0.000000411. The Kier molecular flexibility index (Phi) is 23.0. The van der Waals surface area contributed by atoms with Gasteiger partial charge in [-0.25, -0.2) is 0 Å². The van der Waals surface area contributed by atoms with Gasteiger partial charge in [-0.3, -0.25) is 4.79 Å². The molecule has 0 aliphatic carbocycles. The van der Waals surface area contributed by atoms with Crippen molar-refractivity contribution in [2.24, 2.45) is 0 Å². The molecular weight excluding hydrogens is 318 g/mol. The van der Waals surface area contributed by atoms with Gasteiger partial charge in [0.2, 0.25) is 0 Å². The highest BCUT2D eigenvalue weighted by molar-refractivity contribution is 7.98. The lowest BCUT2D eigenvalue weighted by Gasteiger charge is -2.12. The topological polar surface area (TPSA) is 46.2 Å². The molecule has 0 saturated carbocycles. The molecule has 1 N–H and O–H groups in total. The van der Waals surface area contributed by atoms with Crippen LogP contribution < -0.4 is 5.32 Å². The number of benzene rings is 1. The van der Waals surface area contributed by atoms with E-state index in [1.54, 1.807) is 18.7 Å². The van der Waals surface area contributed by atoms with Crippen LogP contribution >= 0.6 is 11.8 Å². The Morgan fingerprint density at radius 3 is 1.88 bits per heavy atom. The largest absolute Gasteiger partial charge is 0.304 e. The normalized spacial score (nSPS) is 9.88. The van der Waals surface area contributed by atoms with Crippen LogP contribution in [-0.4, -0.2) is 23.9 Å². The minimum Gasteiger partial charge on any atom is -0.304 e. The summed E-state index contributed by atoms with van der Waals surface area (Å²) in [7, 11) is 0. The van der Waals surface area contributed by atoms with E-state index < -0.39 is 0 Å². The molecule has 0 fully saturated rings. The van der Waals surface area contributed by atoms with Crippen LogP contribution in [0.2, 0.25) is 0 Å². The summed E-state index contributed by atoms with van der Waals surface area (Å²) >= 11 is 1.73. The van der Waals surface area contributed by atoms with Crippen molar-refractivity contribution in [3.63, 3.8) is 0 Å². The number of thioether (sulfide) groups is 1. The van der Waals surface area contributed by atoms with Crippen molar-refractivity contribution in [1.82, 2.24) is 5.32 Å². The molecule has 0 spiro atoms. The van der Waals surface area contributed by atoms with E-state index in [0.29, 0.717) is 0 Å². The van der Waals surface area contributed by atoms with Crippen LogP contribution in [0.3, 0.4) is 0 Å². The lowest BCUT2D eigenvalue weighted by atomic mass is 10.2. The van der Waals surface area contributed by atoms with Crippen molar-refractivity contribution in [2.75, 3.05) is 6.26 Å². The first-order chi connectivity index (χ1) is 11.3. The monoisotopic (exact) mass is 355 g/mol. The number of nitrogens with one attached hydrogen (secondary N) is 1.